The molecule has 0 aromatic rings. The number of hydrogen-bond acceptors (Lipinski definition) is 2. The van der Waals surface area contributed by atoms with E-state index in [4.69, 9.17) is 5.11 Å². The van der Waals surface area contributed by atoms with Gasteiger partial charge in [-0.3, -0.25) is 0 Å². The maximum Gasteiger partial charge on any atom is 0.0448 e. The average Bonchev–Trinajstić information content (AvgIpc) is 2.25. The zero-order valence-electron chi connectivity index (χ0n) is 11.4. The Morgan fingerprint density at radius 1 is 1.31 bits per heavy atom. The van der Waals surface area contributed by atoms with Crippen LogP contribution in [0.4, 0.5) is 0 Å². The third kappa shape index (κ3) is 3.46. The van der Waals surface area contributed by atoms with Gasteiger partial charge in [-0.15, -0.1) is 0 Å². The molecule has 1 saturated carbocycles. The van der Waals surface area contributed by atoms with E-state index >= 15 is 0 Å². The molecule has 1 aliphatic carbocycles. The van der Waals surface area contributed by atoms with Crippen LogP contribution < -0.4 is 5.32 Å². The molecule has 96 valence electrons. The number of hydrogen-bond donors (Lipinski definition) is 2. The summed E-state index contributed by atoms with van der Waals surface area (Å²) in [4.78, 5) is 0. The predicted molar refractivity (Wildman–Crippen MR) is 69.5 cm³/mol. The molecule has 0 aliphatic heterocycles. The number of nitrogens with one attached hydrogen (secondary N) is 1. The van der Waals surface area contributed by atoms with Crippen molar-refractivity contribution < 1.29 is 5.11 Å². The number of aliphatic hydroxyl groups excluding tert-OH is 1. The predicted octanol–water partition coefficient (Wildman–Crippen LogP) is 2.95. The minimum Gasteiger partial charge on any atom is -0.396 e. The molecule has 1 aliphatic rings. The Labute approximate surface area is 101 Å². The van der Waals surface area contributed by atoms with Gasteiger partial charge in [-0.05, 0) is 38.0 Å². The Balaban J connectivity index is 2.56. The van der Waals surface area contributed by atoms with Crippen LogP contribution >= 0.6 is 0 Å². The van der Waals surface area contributed by atoms with E-state index in [1.165, 1.54) is 19.3 Å². The smallest absolute Gasteiger partial charge is 0.0448 e. The van der Waals surface area contributed by atoms with Crippen molar-refractivity contribution in [1.82, 2.24) is 5.32 Å². The van der Waals surface area contributed by atoms with Crippen LogP contribution in [0.15, 0.2) is 0 Å². The van der Waals surface area contributed by atoms with E-state index in [1.807, 2.05) is 0 Å². The van der Waals surface area contributed by atoms with Crippen molar-refractivity contribution in [3.63, 3.8) is 0 Å². The SMILES string of the molecule is CCC(C)(CCO)NC1CCCC(C)C1C. The zero-order chi connectivity index (χ0) is 12.2. The van der Waals surface area contributed by atoms with Gasteiger partial charge in [0.05, 0.1) is 0 Å². The molecule has 0 amide bonds. The van der Waals surface area contributed by atoms with E-state index in [1.54, 1.807) is 0 Å². The van der Waals surface area contributed by atoms with Gasteiger partial charge in [0.25, 0.3) is 0 Å². The average molecular weight is 227 g/mol. The Morgan fingerprint density at radius 3 is 2.56 bits per heavy atom. The molecular formula is C14H29NO. The zero-order valence-corrected chi connectivity index (χ0v) is 11.4. The highest BCUT2D eigenvalue weighted by Gasteiger charge is 2.32. The molecule has 0 heterocycles. The van der Waals surface area contributed by atoms with Crippen LogP contribution in [-0.2, 0) is 0 Å². The summed E-state index contributed by atoms with van der Waals surface area (Å²) in [7, 11) is 0. The van der Waals surface area contributed by atoms with Crippen molar-refractivity contribution in [3.8, 4) is 0 Å². The lowest BCUT2D eigenvalue weighted by atomic mass is 9.76. The minimum absolute atomic E-state index is 0.116. The van der Waals surface area contributed by atoms with Gasteiger partial charge in [0.1, 0.15) is 0 Å². The highest BCUT2D eigenvalue weighted by Crippen LogP contribution is 2.31. The van der Waals surface area contributed by atoms with Gasteiger partial charge in [0.2, 0.25) is 0 Å². The molecule has 2 heteroatoms. The first-order chi connectivity index (χ1) is 7.52. The summed E-state index contributed by atoms with van der Waals surface area (Å²) in [6.45, 7) is 9.48. The van der Waals surface area contributed by atoms with E-state index in [-0.39, 0.29) is 12.1 Å². The van der Waals surface area contributed by atoms with Crippen LogP contribution in [-0.4, -0.2) is 23.3 Å². The van der Waals surface area contributed by atoms with E-state index < -0.39 is 0 Å². The molecule has 16 heavy (non-hydrogen) atoms. The molecule has 0 aromatic heterocycles. The standard InChI is InChI=1S/C14H29NO/c1-5-14(4,9-10-16)15-13-8-6-7-11(2)12(13)3/h11-13,15-16H,5-10H2,1-4H3. The molecule has 1 fully saturated rings. The van der Waals surface area contributed by atoms with Crippen LogP contribution in [0.25, 0.3) is 0 Å². The molecule has 2 N–H and O–H groups in total. The van der Waals surface area contributed by atoms with Crippen molar-refractivity contribution >= 4 is 0 Å². The first kappa shape index (κ1) is 14.0. The highest BCUT2D eigenvalue weighted by molar-refractivity contribution is 4.90. The van der Waals surface area contributed by atoms with Crippen molar-refractivity contribution in [2.24, 2.45) is 11.8 Å². The lowest BCUT2D eigenvalue weighted by Crippen LogP contribution is -2.52. The van der Waals surface area contributed by atoms with Crippen LogP contribution in [0.2, 0.25) is 0 Å². The number of rotatable bonds is 5. The lowest BCUT2D eigenvalue weighted by molar-refractivity contribution is 0.141. The lowest BCUT2D eigenvalue weighted by Gasteiger charge is -2.41. The van der Waals surface area contributed by atoms with E-state index in [0.29, 0.717) is 6.04 Å². The fourth-order valence-corrected chi connectivity index (χ4v) is 2.83. The summed E-state index contributed by atoms with van der Waals surface area (Å²) in [6, 6.07) is 0.639. The third-order valence-corrected chi connectivity index (χ3v) is 4.68. The Kier molecular flexibility index (Phi) is 5.26. The first-order valence-corrected chi connectivity index (χ1v) is 6.91. The first-order valence-electron chi connectivity index (χ1n) is 6.91. The Hall–Kier alpha value is -0.0800. The van der Waals surface area contributed by atoms with Crippen molar-refractivity contribution in [1.29, 1.82) is 0 Å². The Bertz CT molecular complexity index is 207. The molecule has 2 nitrogen and oxygen atoms in total. The summed E-state index contributed by atoms with van der Waals surface area (Å²) >= 11 is 0. The maximum absolute atomic E-state index is 9.14. The second kappa shape index (κ2) is 6.02. The van der Waals surface area contributed by atoms with Crippen LogP contribution in [0.3, 0.4) is 0 Å². The summed E-state index contributed by atoms with van der Waals surface area (Å²) in [5, 5.41) is 12.9. The van der Waals surface area contributed by atoms with Gasteiger partial charge in [-0.25, -0.2) is 0 Å². The van der Waals surface area contributed by atoms with Crippen LogP contribution in [0, 0.1) is 11.8 Å². The maximum atomic E-state index is 9.14. The molecule has 4 atom stereocenters. The minimum atomic E-state index is 0.116. The number of aliphatic hydroxyl groups is 1. The molecule has 0 bridgehead atoms. The summed E-state index contributed by atoms with van der Waals surface area (Å²) < 4.78 is 0. The van der Waals surface area contributed by atoms with Gasteiger partial charge in [-0.1, -0.05) is 33.6 Å². The fraction of sp³-hybridized carbons (Fsp3) is 1.00. The van der Waals surface area contributed by atoms with Crippen molar-refractivity contribution in [2.75, 3.05) is 6.61 Å². The van der Waals surface area contributed by atoms with Gasteiger partial charge in [0, 0.05) is 18.2 Å². The molecular weight excluding hydrogens is 198 g/mol. The largest absolute Gasteiger partial charge is 0.396 e. The topological polar surface area (TPSA) is 32.3 Å². The van der Waals surface area contributed by atoms with Crippen molar-refractivity contribution in [3.05, 3.63) is 0 Å². The normalized spacial score (nSPS) is 34.7. The van der Waals surface area contributed by atoms with E-state index in [9.17, 15) is 0 Å². The monoisotopic (exact) mass is 227 g/mol. The van der Waals surface area contributed by atoms with Gasteiger partial charge >= 0.3 is 0 Å². The molecule has 1 rings (SSSR count). The summed E-state index contributed by atoms with van der Waals surface area (Å²) in [5.41, 5.74) is 0.116. The molecule has 0 spiro atoms. The Morgan fingerprint density at radius 2 is 2.00 bits per heavy atom. The summed E-state index contributed by atoms with van der Waals surface area (Å²) in [6.07, 6.45) is 5.98. The van der Waals surface area contributed by atoms with Gasteiger partial charge < -0.3 is 10.4 Å². The van der Waals surface area contributed by atoms with Crippen molar-refractivity contribution in [2.45, 2.75) is 71.4 Å². The summed E-state index contributed by atoms with van der Waals surface area (Å²) in [5.74, 6) is 1.60. The fourth-order valence-electron chi connectivity index (χ4n) is 2.83. The van der Waals surface area contributed by atoms with Crippen LogP contribution in [0.1, 0.15) is 59.8 Å². The highest BCUT2D eigenvalue weighted by atomic mass is 16.3. The quantitative estimate of drug-likeness (QED) is 0.757. The molecule has 0 radical (unpaired) electrons. The van der Waals surface area contributed by atoms with E-state index in [0.717, 1.165) is 24.7 Å². The molecule has 4 unspecified atom stereocenters. The molecule has 0 saturated heterocycles. The van der Waals surface area contributed by atoms with E-state index in [2.05, 4.69) is 33.0 Å². The van der Waals surface area contributed by atoms with Gasteiger partial charge in [0.15, 0.2) is 0 Å². The second-order valence-electron chi connectivity index (χ2n) is 5.91. The molecule has 0 aromatic carbocycles. The van der Waals surface area contributed by atoms with Crippen LogP contribution in [0.5, 0.6) is 0 Å². The van der Waals surface area contributed by atoms with Gasteiger partial charge in [-0.2, -0.15) is 0 Å². The second-order valence-corrected chi connectivity index (χ2v) is 5.91. The third-order valence-electron chi connectivity index (χ3n) is 4.68.